The van der Waals surface area contributed by atoms with Crippen LogP contribution in [0.4, 0.5) is 0 Å². The SMILES string of the molecule is Cl.N[C@H](CO)CC1CCNC1=O. The second-order valence-corrected chi connectivity index (χ2v) is 2.95. The second-order valence-electron chi connectivity index (χ2n) is 2.95. The Morgan fingerprint density at radius 3 is 2.83 bits per heavy atom. The first-order chi connectivity index (χ1) is 5.24. The van der Waals surface area contributed by atoms with Gasteiger partial charge in [0.05, 0.1) is 6.61 Å². The van der Waals surface area contributed by atoms with Gasteiger partial charge in [0.2, 0.25) is 5.91 Å². The van der Waals surface area contributed by atoms with E-state index in [9.17, 15) is 4.79 Å². The molecule has 1 saturated heterocycles. The summed E-state index contributed by atoms with van der Waals surface area (Å²) in [6.45, 7) is 0.714. The molecular formula is C7H15ClN2O2. The molecule has 5 heteroatoms. The van der Waals surface area contributed by atoms with E-state index in [1.54, 1.807) is 0 Å². The Labute approximate surface area is 77.9 Å². The van der Waals surface area contributed by atoms with Crippen LogP contribution in [-0.2, 0) is 4.79 Å². The van der Waals surface area contributed by atoms with Crippen molar-refractivity contribution in [3.8, 4) is 0 Å². The Balaban J connectivity index is 0.00000121. The first kappa shape index (κ1) is 11.7. The molecule has 0 saturated carbocycles. The molecule has 1 aliphatic heterocycles. The Hall–Kier alpha value is -0.320. The summed E-state index contributed by atoms with van der Waals surface area (Å²) < 4.78 is 0. The van der Waals surface area contributed by atoms with Crippen LogP contribution in [0.2, 0.25) is 0 Å². The minimum absolute atomic E-state index is 0. The number of hydrogen-bond acceptors (Lipinski definition) is 3. The molecule has 0 spiro atoms. The van der Waals surface area contributed by atoms with E-state index in [4.69, 9.17) is 10.8 Å². The molecular weight excluding hydrogens is 180 g/mol. The molecule has 1 aliphatic rings. The van der Waals surface area contributed by atoms with Gasteiger partial charge in [0, 0.05) is 18.5 Å². The highest BCUT2D eigenvalue weighted by Gasteiger charge is 2.25. The standard InChI is InChI=1S/C7H14N2O2.ClH/c8-6(4-10)3-5-1-2-9-7(5)11;/h5-6,10H,1-4,8H2,(H,9,11);1H/t5?,6-;/m0./s1. The summed E-state index contributed by atoms with van der Waals surface area (Å²) in [6.07, 6.45) is 1.45. The minimum Gasteiger partial charge on any atom is -0.395 e. The topological polar surface area (TPSA) is 75.3 Å². The van der Waals surface area contributed by atoms with Gasteiger partial charge in [0.1, 0.15) is 0 Å². The number of halogens is 1. The summed E-state index contributed by atoms with van der Waals surface area (Å²) >= 11 is 0. The van der Waals surface area contributed by atoms with Crippen molar-refractivity contribution in [3.63, 3.8) is 0 Å². The third-order valence-corrected chi connectivity index (χ3v) is 1.98. The lowest BCUT2D eigenvalue weighted by molar-refractivity contribution is -0.122. The summed E-state index contributed by atoms with van der Waals surface area (Å²) in [5.41, 5.74) is 5.48. The molecule has 72 valence electrons. The molecule has 1 heterocycles. The molecule has 1 unspecified atom stereocenters. The maximum Gasteiger partial charge on any atom is 0.223 e. The van der Waals surface area contributed by atoms with Crippen molar-refractivity contribution in [1.29, 1.82) is 0 Å². The highest BCUT2D eigenvalue weighted by atomic mass is 35.5. The number of rotatable bonds is 3. The van der Waals surface area contributed by atoms with Crippen LogP contribution < -0.4 is 11.1 Å². The number of nitrogens with one attached hydrogen (secondary N) is 1. The predicted octanol–water partition coefficient (Wildman–Crippen LogP) is -0.746. The average Bonchev–Trinajstić information content (AvgIpc) is 2.37. The van der Waals surface area contributed by atoms with Gasteiger partial charge in [-0.3, -0.25) is 4.79 Å². The number of carbonyl (C=O) groups is 1. The molecule has 4 N–H and O–H groups in total. The molecule has 0 bridgehead atoms. The van der Waals surface area contributed by atoms with Crippen molar-refractivity contribution >= 4 is 18.3 Å². The van der Waals surface area contributed by atoms with Crippen LogP contribution in [0.15, 0.2) is 0 Å². The van der Waals surface area contributed by atoms with Gasteiger partial charge in [0.25, 0.3) is 0 Å². The lowest BCUT2D eigenvalue weighted by atomic mass is 9.99. The first-order valence-corrected chi connectivity index (χ1v) is 3.88. The van der Waals surface area contributed by atoms with E-state index in [1.807, 2.05) is 0 Å². The normalized spacial score (nSPS) is 24.5. The largest absolute Gasteiger partial charge is 0.395 e. The highest BCUT2D eigenvalue weighted by Crippen LogP contribution is 2.14. The van der Waals surface area contributed by atoms with Crippen LogP contribution in [0.5, 0.6) is 0 Å². The summed E-state index contributed by atoms with van der Waals surface area (Å²) in [4.78, 5) is 11.0. The van der Waals surface area contributed by atoms with Crippen LogP contribution in [0.3, 0.4) is 0 Å². The van der Waals surface area contributed by atoms with E-state index in [0.717, 1.165) is 13.0 Å². The highest BCUT2D eigenvalue weighted by molar-refractivity contribution is 5.85. The van der Waals surface area contributed by atoms with E-state index < -0.39 is 0 Å². The van der Waals surface area contributed by atoms with Crippen molar-refractivity contribution < 1.29 is 9.90 Å². The van der Waals surface area contributed by atoms with Crippen molar-refractivity contribution in [3.05, 3.63) is 0 Å². The zero-order valence-electron chi connectivity index (χ0n) is 6.82. The molecule has 0 radical (unpaired) electrons. The second kappa shape index (κ2) is 5.35. The minimum atomic E-state index is -0.246. The molecule has 0 aromatic rings. The van der Waals surface area contributed by atoms with E-state index in [0.29, 0.717) is 6.42 Å². The molecule has 1 rings (SSSR count). The van der Waals surface area contributed by atoms with Crippen molar-refractivity contribution in [2.24, 2.45) is 11.7 Å². The molecule has 2 atom stereocenters. The Kier molecular flexibility index (Phi) is 5.20. The van der Waals surface area contributed by atoms with Gasteiger partial charge in [-0.15, -0.1) is 12.4 Å². The summed E-state index contributed by atoms with van der Waals surface area (Å²) in [5.74, 6) is 0.103. The fraction of sp³-hybridized carbons (Fsp3) is 0.857. The van der Waals surface area contributed by atoms with Crippen molar-refractivity contribution in [1.82, 2.24) is 5.32 Å². The lowest BCUT2D eigenvalue weighted by Crippen LogP contribution is -2.30. The molecule has 4 nitrogen and oxygen atoms in total. The predicted molar refractivity (Wildman–Crippen MR) is 48.0 cm³/mol. The van der Waals surface area contributed by atoms with Gasteiger partial charge in [-0.1, -0.05) is 0 Å². The van der Waals surface area contributed by atoms with Gasteiger partial charge < -0.3 is 16.2 Å². The average molecular weight is 195 g/mol. The number of nitrogens with two attached hydrogens (primary N) is 1. The van der Waals surface area contributed by atoms with Crippen LogP contribution in [0.25, 0.3) is 0 Å². The first-order valence-electron chi connectivity index (χ1n) is 3.88. The maximum absolute atomic E-state index is 11.0. The number of hydrogen-bond donors (Lipinski definition) is 3. The van der Waals surface area contributed by atoms with Gasteiger partial charge in [-0.05, 0) is 12.8 Å². The van der Waals surface area contributed by atoms with Crippen LogP contribution in [0, 0.1) is 5.92 Å². The lowest BCUT2D eigenvalue weighted by Gasteiger charge is -2.10. The number of carbonyl (C=O) groups excluding carboxylic acids is 1. The third kappa shape index (κ3) is 2.97. The Bertz CT molecular complexity index is 154. The van der Waals surface area contributed by atoms with E-state index >= 15 is 0 Å². The van der Waals surface area contributed by atoms with Crippen molar-refractivity contribution in [2.45, 2.75) is 18.9 Å². The smallest absolute Gasteiger partial charge is 0.223 e. The van der Waals surface area contributed by atoms with Crippen molar-refractivity contribution in [2.75, 3.05) is 13.2 Å². The number of amides is 1. The van der Waals surface area contributed by atoms with Crippen LogP contribution >= 0.6 is 12.4 Å². The quantitative estimate of drug-likeness (QED) is 0.554. The van der Waals surface area contributed by atoms with Gasteiger partial charge in [0.15, 0.2) is 0 Å². The molecule has 12 heavy (non-hydrogen) atoms. The summed E-state index contributed by atoms with van der Waals surface area (Å²) in [5, 5.41) is 11.3. The Morgan fingerprint density at radius 2 is 2.42 bits per heavy atom. The van der Waals surface area contributed by atoms with Crippen LogP contribution in [-0.4, -0.2) is 30.2 Å². The molecule has 0 aromatic carbocycles. The number of aliphatic hydroxyl groups is 1. The maximum atomic E-state index is 11.0. The zero-order chi connectivity index (χ0) is 8.27. The molecule has 0 aromatic heterocycles. The monoisotopic (exact) mass is 194 g/mol. The van der Waals surface area contributed by atoms with Crippen LogP contribution in [0.1, 0.15) is 12.8 Å². The molecule has 0 aliphatic carbocycles. The van der Waals surface area contributed by atoms with E-state index in [1.165, 1.54) is 0 Å². The van der Waals surface area contributed by atoms with Gasteiger partial charge in [-0.25, -0.2) is 0 Å². The molecule has 1 amide bonds. The summed E-state index contributed by atoms with van der Waals surface area (Å²) in [7, 11) is 0. The fourth-order valence-electron chi connectivity index (χ4n) is 1.31. The van der Waals surface area contributed by atoms with E-state index in [-0.39, 0.29) is 36.9 Å². The summed E-state index contributed by atoms with van der Waals surface area (Å²) in [6, 6.07) is -0.246. The molecule has 1 fully saturated rings. The number of aliphatic hydroxyl groups excluding tert-OH is 1. The Morgan fingerprint density at radius 1 is 1.75 bits per heavy atom. The third-order valence-electron chi connectivity index (χ3n) is 1.98. The van der Waals surface area contributed by atoms with Gasteiger partial charge in [-0.2, -0.15) is 0 Å². The zero-order valence-corrected chi connectivity index (χ0v) is 7.64. The van der Waals surface area contributed by atoms with Gasteiger partial charge >= 0.3 is 0 Å². The van der Waals surface area contributed by atoms with E-state index in [2.05, 4.69) is 5.32 Å². The fourth-order valence-corrected chi connectivity index (χ4v) is 1.31.